The third kappa shape index (κ3) is 4.69. The van der Waals surface area contributed by atoms with Gasteiger partial charge in [-0.05, 0) is 60.0 Å². The Labute approximate surface area is 182 Å². The SMILES string of the molecule is Cc1ccc(COc2ccc3ccccc3c2CNc2ccc(C(=O)O)cc2C)cc1. The van der Waals surface area contributed by atoms with Crippen LogP contribution in [0.1, 0.15) is 32.6 Å². The maximum Gasteiger partial charge on any atom is 0.335 e. The second-order valence-corrected chi connectivity index (χ2v) is 7.73. The summed E-state index contributed by atoms with van der Waals surface area (Å²) in [5.74, 6) is -0.0814. The molecule has 4 rings (SSSR count). The number of benzene rings is 4. The van der Waals surface area contributed by atoms with Crippen molar-refractivity contribution in [3.05, 3.63) is 107 Å². The highest BCUT2D eigenvalue weighted by Crippen LogP contribution is 2.30. The zero-order valence-corrected chi connectivity index (χ0v) is 17.7. The van der Waals surface area contributed by atoms with Crippen LogP contribution in [-0.2, 0) is 13.2 Å². The van der Waals surface area contributed by atoms with Crippen LogP contribution in [-0.4, -0.2) is 11.1 Å². The molecule has 0 aliphatic rings. The number of aryl methyl sites for hydroxylation is 2. The van der Waals surface area contributed by atoms with Gasteiger partial charge in [0, 0.05) is 17.8 Å². The first-order chi connectivity index (χ1) is 15.0. The topological polar surface area (TPSA) is 58.6 Å². The summed E-state index contributed by atoms with van der Waals surface area (Å²) in [6.07, 6.45) is 0. The fourth-order valence-electron chi connectivity index (χ4n) is 3.66. The minimum absolute atomic E-state index is 0.287. The predicted molar refractivity (Wildman–Crippen MR) is 125 cm³/mol. The van der Waals surface area contributed by atoms with Crippen molar-refractivity contribution in [1.29, 1.82) is 0 Å². The lowest BCUT2D eigenvalue weighted by Gasteiger charge is -2.17. The maximum absolute atomic E-state index is 11.2. The Morgan fingerprint density at radius 2 is 1.71 bits per heavy atom. The largest absolute Gasteiger partial charge is 0.489 e. The molecule has 0 aliphatic heterocycles. The van der Waals surface area contributed by atoms with Gasteiger partial charge < -0.3 is 15.2 Å². The highest BCUT2D eigenvalue weighted by molar-refractivity contribution is 5.89. The van der Waals surface area contributed by atoms with Crippen LogP contribution < -0.4 is 10.1 Å². The Morgan fingerprint density at radius 3 is 2.45 bits per heavy atom. The molecule has 0 spiro atoms. The molecule has 0 aromatic heterocycles. The molecule has 31 heavy (non-hydrogen) atoms. The number of carboxylic acids is 1. The molecule has 0 saturated heterocycles. The Bertz CT molecular complexity index is 1230. The molecule has 0 unspecified atom stereocenters. The van der Waals surface area contributed by atoms with Crippen molar-refractivity contribution >= 4 is 22.4 Å². The Kier molecular flexibility index (Phi) is 5.89. The first-order valence-electron chi connectivity index (χ1n) is 10.3. The fourth-order valence-corrected chi connectivity index (χ4v) is 3.66. The molecule has 0 saturated carbocycles. The summed E-state index contributed by atoms with van der Waals surface area (Å²) in [6.45, 7) is 5.05. The van der Waals surface area contributed by atoms with Gasteiger partial charge in [-0.3, -0.25) is 0 Å². The van der Waals surface area contributed by atoms with Gasteiger partial charge in [0.2, 0.25) is 0 Å². The average molecular weight is 412 g/mol. The highest BCUT2D eigenvalue weighted by atomic mass is 16.5. The van der Waals surface area contributed by atoms with E-state index in [1.807, 2.05) is 31.2 Å². The van der Waals surface area contributed by atoms with Gasteiger partial charge in [-0.15, -0.1) is 0 Å². The van der Waals surface area contributed by atoms with Gasteiger partial charge in [0.15, 0.2) is 0 Å². The standard InChI is InChI=1S/C27H25NO3/c1-18-7-9-20(10-8-18)17-31-26-14-12-21-5-3-4-6-23(21)24(26)16-28-25-13-11-22(27(29)30)15-19(25)2/h3-15,28H,16-17H2,1-2H3,(H,29,30). The molecule has 0 atom stereocenters. The van der Waals surface area contributed by atoms with Gasteiger partial charge in [0.05, 0.1) is 5.56 Å². The smallest absolute Gasteiger partial charge is 0.335 e. The number of carbonyl (C=O) groups is 1. The molecule has 0 heterocycles. The van der Waals surface area contributed by atoms with Crippen LogP contribution in [0.2, 0.25) is 0 Å². The fraction of sp³-hybridized carbons (Fsp3) is 0.148. The van der Waals surface area contributed by atoms with Gasteiger partial charge in [-0.2, -0.15) is 0 Å². The van der Waals surface area contributed by atoms with Crippen molar-refractivity contribution in [2.45, 2.75) is 27.0 Å². The molecular weight excluding hydrogens is 386 g/mol. The van der Waals surface area contributed by atoms with Crippen molar-refractivity contribution in [3.8, 4) is 5.75 Å². The normalized spacial score (nSPS) is 10.8. The molecule has 2 N–H and O–H groups in total. The van der Waals surface area contributed by atoms with Crippen LogP contribution in [0.5, 0.6) is 5.75 Å². The Hall–Kier alpha value is -3.79. The van der Waals surface area contributed by atoms with Crippen molar-refractivity contribution in [2.24, 2.45) is 0 Å². The number of ether oxygens (including phenoxy) is 1. The molecule has 4 nitrogen and oxygen atoms in total. The van der Waals surface area contributed by atoms with Gasteiger partial charge in [-0.1, -0.05) is 60.2 Å². The summed E-state index contributed by atoms with van der Waals surface area (Å²) >= 11 is 0. The van der Waals surface area contributed by atoms with Crippen LogP contribution in [0.15, 0.2) is 78.9 Å². The molecule has 4 aromatic rings. The van der Waals surface area contributed by atoms with Crippen LogP contribution in [0, 0.1) is 13.8 Å². The van der Waals surface area contributed by atoms with E-state index in [1.54, 1.807) is 12.1 Å². The molecule has 0 aliphatic carbocycles. The number of hydrogen-bond acceptors (Lipinski definition) is 3. The van der Waals surface area contributed by atoms with Crippen LogP contribution >= 0.6 is 0 Å². The van der Waals surface area contributed by atoms with E-state index in [0.29, 0.717) is 13.2 Å². The number of aromatic carboxylic acids is 1. The van der Waals surface area contributed by atoms with Gasteiger partial charge >= 0.3 is 5.97 Å². The van der Waals surface area contributed by atoms with Gasteiger partial charge in [-0.25, -0.2) is 4.79 Å². The third-order valence-electron chi connectivity index (χ3n) is 5.44. The first-order valence-corrected chi connectivity index (χ1v) is 10.3. The number of hydrogen-bond donors (Lipinski definition) is 2. The van der Waals surface area contributed by atoms with E-state index < -0.39 is 5.97 Å². The molecule has 0 fully saturated rings. The van der Waals surface area contributed by atoms with E-state index in [-0.39, 0.29) is 5.56 Å². The second-order valence-electron chi connectivity index (χ2n) is 7.73. The Balaban J connectivity index is 1.61. The molecule has 156 valence electrons. The van der Waals surface area contributed by atoms with E-state index in [1.165, 1.54) is 5.56 Å². The third-order valence-corrected chi connectivity index (χ3v) is 5.44. The second kappa shape index (κ2) is 8.92. The number of fused-ring (bicyclic) bond motifs is 1. The number of anilines is 1. The summed E-state index contributed by atoms with van der Waals surface area (Å²) in [4.78, 5) is 11.2. The number of nitrogens with one attached hydrogen (secondary N) is 1. The lowest BCUT2D eigenvalue weighted by atomic mass is 10.0. The molecule has 0 amide bonds. The minimum atomic E-state index is -0.921. The zero-order valence-electron chi connectivity index (χ0n) is 17.7. The predicted octanol–water partition coefficient (Wildman–Crippen LogP) is 6.35. The lowest BCUT2D eigenvalue weighted by molar-refractivity contribution is 0.0697. The molecular formula is C27H25NO3. The molecule has 0 bridgehead atoms. The summed E-state index contributed by atoms with van der Waals surface area (Å²) in [6, 6.07) is 25.8. The maximum atomic E-state index is 11.2. The van der Waals surface area contributed by atoms with E-state index in [9.17, 15) is 9.90 Å². The van der Waals surface area contributed by atoms with Crippen LogP contribution in [0.3, 0.4) is 0 Å². The summed E-state index contributed by atoms with van der Waals surface area (Å²) in [5.41, 5.74) is 5.51. The monoisotopic (exact) mass is 411 g/mol. The van der Waals surface area contributed by atoms with Gasteiger partial charge in [0.25, 0.3) is 0 Å². The number of rotatable bonds is 7. The minimum Gasteiger partial charge on any atom is -0.489 e. The first kappa shape index (κ1) is 20.5. The van der Waals surface area contributed by atoms with Crippen molar-refractivity contribution < 1.29 is 14.6 Å². The number of carboxylic acid groups (broad SMARTS) is 1. The summed E-state index contributed by atoms with van der Waals surface area (Å²) in [7, 11) is 0. The molecule has 4 heteroatoms. The lowest BCUT2D eigenvalue weighted by Crippen LogP contribution is -2.06. The summed E-state index contributed by atoms with van der Waals surface area (Å²) in [5, 5.41) is 14.9. The van der Waals surface area contributed by atoms with Crippen molar-refractivity contribution in [3.63, 3.8) is 0 Å². The van der Waals surface area contributed by atoms with E-state index in [0.717, 1.165) is 38.9 Å². The van der Waals surface area contributed by atoms with Crippen molar-refractivity contribution in [2.75, 3.05) is 5.32 Å². The van der Waals surface area contributed by atoms with E-state index >= 15 is 0 Å². The van der Waals surface area contributed by atoms with Crippen LogP contribution in [0.25, 0.3) is 10.8 Å². The zero-order chi connectivity index (χ0) is 21.8. The quantitative estimate of drug-likeness (QED) is 0.372. The molecule has 4 aromatic carbocycles. The Morgan fingerprint density at radius 1 is 0.935 bits per heavy atom. The average Bonchev–Trinajstić information content (AvgIpc) is 2.78. The highest BCUT2D eigenvalue weighted by Gasteiger charge is 2.11. The summed E-state index contributed by atoms with van der Waals surface area (Å²) < 4.78 is 6.22. The van der Waals surface area contributed by atoms with E-state index in [4.69, 9.17) is 4.74 Å². The van der Waals surface area contributed by atoms with E-state index in [2.05, 4.69) is 54.7 Å². The van der Waals surface area contributed by atoms with Crippen molar-refractivity contribution in [1.82, 2.24) is 0 Å². The van der Waals surface area contributed by atoms with Crippen LogP contribution in [0.4, 0.5) is 5.69 Å². The molecule has 0 radical (unpaired) electrons. The van der Waals surface area contributed by atoms with Gasteiger partial charge in [0.1, 0.15) is 12.4 Å².